The molecule has 0 aliphatic heterocycles. The number of aryl methyl sites for hydroxylation is 1. The molecule has 144 valence electrons. The highest BCUT2D eigenvalue weighted by Gasteiger charge is 2.11. The summed E-state index contributed by atoms with van der Waals surface area (Å²) in [6.45, 7) is 7.85. The molecule has 1 heterocycles. The summed E-state index contributed by atoms with van der Waals surface area (Å²) in [4.78, 5) is 25.7. The molecule has 3 aromatic rings. The Morgan fingerprint density at radius 1 is 1.07 bits per heavy atom. The minimum Gasteiger partial charge on any atom is -0.478 e. The molecule has 0 unspecified atom stereocenters. The van der Waals surface area contributed by atoms with Crippen LogP contribution in [0.4, 0.5) is 5.69 Å². The van der Waals surface area contributed by atoms with Gasteiger partial charge in [0.15, 0.2) is 0 Å². The SMILES string of the molecule is CCN(CC)c1ccc2c(C)c(/C=C/c3ccc(C(=O)O)cc3)c(=O)oc2c1. The van der Waals surface area contributed by atoms with Gasteiger partial charge in [0.2, 0.25) is 0 Å². The first-order valence-electron chi connectivity index (χ1n) is 9.28. The highest BCUT2D eigenvalue weighted by Crippen LogP contribution is 2.25. The maximum absolute atomic E-state index is 12.5. The molecule has 0 radical (unpaired) electrons. The molecule has 0 fully saturated rings. The van der Waals surface area contributed by atoms with Crippen LogP contribution in [0, 0.1) is 6.92 Å². The zero-order valence-electron chi connectivity index (χ0n) is 16.2. The first-order chi connectivity index (χ1) is 13.4. The van der Waals surface area contributed by atoms with Gasteiger partial charge in [-0.15, -0.1) is 0 Å². The molecule has 28 heavy (non-hydrogen) atoms. The quantitative estimate of drug-likeness (QED) is 0.624. The van der Waals surface area contributed by atoms with Crippen LogP contribution in [-0.4, -0.2) is 24.2 Å². The van der Waals surface area contributed by atoms with Gasteiger partial charge in [-0.25, -0.2) is 9.59 Å². The van der Waals surface area contributed by atoms with Gasteiger partial charge in [-0.2, -0.15) is 0 Å². The number of carbonyl (C=O) groups is 1. The highest BCUT2D eigenvalue weighted by molar-refractivity contribution is 5.89. The summed E-state index contributed by atoms with van der Waals surface area (Å²) in [6, 6.07) is 12.4. The van der Waals surface area contributed by atoms with E-state index in [4.69, 9.17) is 9.52 Å². The molecule has 0 spiro atoms. The molecular formula is C23H23NO4. The van der Waals surface area contributed by atoms with Crippen molar-refractivity contribution in [2.24, 2.45) is 0 Å². The number of fused-ring (bicyclic) bond motifs is 1. The smallest absolute Gasteiger partial charge is 0.343 e. The molecule has 3 rings (SSSR count). The topological polar surface area (TPSA) is 70.8 Å². The summed E-state index contributed by atoms with van der Waals surface area (Å²) in [7, 11) is 0. The average molecular weight is 377 g/mol. The summed E-state index contributed by atoms with van der Waals surface area (Å²) in [6.07, 6.45) is 3.50. The Bertz CT molecular complexity index is 1090. The standard InChI is InChI=1S/C23H23NO4/c1-4-24(5-2)18-11-13-19-15(3)20(23(27)28-21(19)14-18)12-8-16-6-9-17(10-7-16)22(25)26/h6-14H,4-5H2,1-3H3,(H,25,26)/b12-8+. The van der Waals surface area contributed by atoms with E-state index in [2.05, 4.69) is 18.7 Å². The molecule has 0 atom stereocenters. The molecule has 5 heteroatoms. The van der Waals surface area contributed by atoms with Crippen LogP contribution in [-0.2, 0) is 0 Å². The van der Waals surface area contributed by atoms with Crippen LogP contribution >= 0.6 is 0 Å². The second kappa shape index (κ2) is 8.13. The largest absolute Gasteiger partial charge is 0.478 e. The molecule has 5 nitrogen and oxygen atoms in total. The zero-order valence-corrected chi connectivity index (χ0v) is 16.2. The lowest BCUT2D eigenvalue weighted by Crippen LogP contribution is -2.21. The van der Waals surface area contributed by atoms with Gasteiger partial charge in [-0.05, 0) is 62.2 Å². The van der Waals surface area contributed by atoms with E-state index < -0.39 is 5.97 Å². The van der Waals surface area contributed by atoms with Crippen LogP contribution in [0.25, 0.3) is 23.1 Å². The van der Waals surface area contributed by atoms with E-state index in [1.165, 1.54) is 12.1 Å². The van der Waals surface area contributed by atoms with E-state index in [1.54, 1.807) is 24.3 Å². The van der Waals surface area contributed by atoms with Gasteiger partial charge in [-0.3, -0.25) is 0 Å². The van der Waals surface area contributed by atoms with E-state index in [9.17, 15) is 9.59 Å². The van der Waals surface area contributed by atoms with Gasteiger partial charge in [0.1, 0.15) is 5.58 Å². The maximum Gasteiger partial charge on any atom is 0.343 e. The predicted octanol–water partition coefficient (Wildman–Crippen LogP) is 4.82. The predicted molar refractivity (Wildman–Crippen MR) is 113 cm³/mol. The van der Waals surface area contributed by atoms with Crippen molar-refractivity contribution in [2.75, 3.05) is 18.0 Å². The Morgan fingerprint density at radius 2 is 1.75 bits per heavy atom. The van der Waals surface area contributed by atoms with E-state index in [1.807, 2.05) is 25.1 Å². The maximum atomic E-state index is 12.5. The minimum atomic E-state index is -0.967. The van der Waals surface area contributed by atoms with Crippen molar-refractivity contribution in [1.82, 2.24) is 0 Å². The molecule has 0 aliphatic rings. The van der Waals surface area contributed by atoms with E-state index in [0.29, 0.717) is 11.1 Å². The Morgan fingerprint density at radius 3 is 2.36 bits per heavy atom. The highest BCUT2D eigenvalue weighted by atomic mass is 16.4. The lowest BCUT2D eigenvalue weighted by Gasteiger charge is -2.21. The summed E-state index contributed by atoms with van der Waals surface area (Å²) >= 11 is 0. The van der Waals surface area contributed by atoms with Gasteiger partial charge in [0.05, 0.1) is 11.1 Å². The molecule has 1 aromatic heterocycles. The van der Waals surface area contributed by atoms with Crippen LogP contribution < -0.4 is 10.5 Å². The third-order valence-corrected chi connectivity index (χ3v) is 4.92. The summed E-state index contributed by atoms with van der Waals surface area (Å²) in [5.74, 6) is -0.967. The number of nitrogens with zero attached hydrogens (tertiary/aromatic N) is 1. The second-order valence-corrected chi connectivity index (χ2v) is 6.54. The normalized spacial score (nSPS) is 11.2. The van der Waals surface area contributed by atoms with Crippen LogP contribution in [0.5, 0.6) is 0 Å². The van der Waals surface area contributed by atoms with Crippen molar-refractivity contribution < 1.29 is 14.3 Å². The average Bonchev–Trinajstić information content (AvgIpc) is 2.69. The van der Waals surface area contributed by atoms with Crippen LogP contribution in [0.15, 0.2) is 51.7 Å². The van der Waals surface area contributed by atoms with Crippen LogP contribution in [0.3, 0.4) is 0 Å². The summed E-state index contributed by atoms with van der Waals surface area (Å²) in [5.41, 5.74) is 3.60. The Balaban J connectivity index is 1.98. The fourth-order valence-electron chi connectivity index (χ4n) is 3.25. The van der Waals surface area contributed by atoms with E-state index in [0.717, 1.165) is 35.3 Å². The fraction of sp³-hybridized carbons (Fsp3) is 0.217. The van der Waals surface area contributed by atoms with Gasteiger partial charge >= 0.3 is 11.6 Å². The molecule has 0 saturated carbocycles. The molecule has 1 N–H and O–H groups in total. The molecule has 0 saturated heterocycles. The Hall–Kier alpha value is -3.34. The number of benzene rings is 2. The van der Waals surface area contributed by atoms with Crippen molar-refractivity contribution in [3.05, 3.63) is 75.1 Å². The number of aromatic carboxylic acids is 1. The number of carboxylic acid groups (broad SMARTS) is 1. The number of rotatable bonds is 6. The second-order valence-electron chi connectivity index (χ2n) is 6.54. The first-order valence-corrected chi connectivity index (χ1v) is 9.28. The molecule has 0 aliphatic carbocycles. The number of hydrogen-bond donors (Lipinski definition) is 1. The summed E-state index contributed by atoms with van der Waals surface area (Å²) in [5, 5.41) is 9.87. The van der Waals surface area contributed by atoms with Crippen molar-refractivity contribution in [2.45, 2.75) is 20.8 Å². The van der Waals surface area contributed by atoms with Crippen LogP contribution in [0.1, 0.15) is 40.9 Å². The monoisotopic (exact) mass is 377 g/mol. The fourth-order valence-corrected chi connectivity index (χ4v) is 3.25. The number of carboxylic acids is 1. The first kappa shape index (κ1) is 19.4. The van der Waals surface area contributed by atoms with Gasteiger partial charge in [-0.1, -0.05) is 18.2 Å². The van der Waals surface area contributed by atoms with E-state index in [-0.39, 0.29) is 11.2 Å². The van der Waals surface area contributed by atoms with Crippen LogP contribution in [0.2, 0.25) is 0 Å². The number of hydrogen-bond acceptors (Lipinski definition) is 4. The van der Waals surface area contributed by atoms with Gasteiger partial charge in [0.25, 0.3) is 0 Å². The van der Waals surface area contributed by atoms with Crippen molar-refractivity contribution in [1.29, 1.82) is 0 Å². The van der Waals surface area contributed by atoms with Crippen molar-refractivity contribution >= 4 is 34.8 Å². The Kier molecular flexibility index (Phi) is 5.64. The van der Waals surface area contributed by atoms with E-state index >= 15 is 0 Å². The van der Waals surface area contributed by atoms with Crippen molar-refractivity contribution in [3.8, 4) is 0 Å². The third-order valence-electron chi connectivity index (χ3n) is 4.92. The minimum absolute atomic E-state index is 0.225. The number of anilines is 1. The lowest BCUT2D eigenvalue weighted by molar-refractivity contribution is 0.0697. The molecule has 0 amide bonds. The summed E-state index contributed by atoms with van der Waals surface area (Å²) < 4.78 is 5.58. The zero-order chi connectivity index (χ0) is 20.3. The van der Waals surface area contributed by atoms with Gasteiger partial charge < -0.3 is 14.4 Å². The third kappa shape index (κ3) is 3.83. The van der Waals surface area contributed by atoms with Gasteiger partial charge in [0, 0.05) is 30.2 Å². The molecule has 0 bridgehead atoms. The molecular weight excluding hydrogens is 354 g/mol. The van der Waals surface area contributed by atoms with Crippen molar-refractivity contribution in [3.63, 3.8) is 0 Å². The lowest BCUT2D eigenvalue weighted by atomic mass is 10.0. The Labute approximate surface area is 163 Å². The molecule has 2 aromatic carbocycles.